The van der Waals surface area contributed by atoms with Crippen LogP contribution in [0.4, 0.5) is 0 Å². The van der Waals surface area contributed by atoms with E-state index in [-0.39, 0.29) is 44.3 Å². The predicted octanol–water partition coefficient (Wildman–Crippen LogP) is -4.60. The summed E-state index contributed by atoms with van der Waals surface area (Å²) in [5.74, 6) is 0.322. The first kappa shape index (κ1) is 16.7. The number of halogens is 2. The third kappa shape index (κ3) is 6.34. The fourth-order valence-electron chi connectivity index (χ4n) is 0.428. The summed E-state index contributed by atoms with van der Waals surface area (Å²) in [4.78, 5) is 0. The van der Waals surface area contributed by atoms with Gasteiger partial charge < -0.3 is 29.9 Å². The molecule has 0 aromatic heterocycles. The minimum atomic E-state index is 0. The van der Waals surface area contributed by atoms with E-state index < -0.39 is 0 Å². The number of benzene rings is 1. The normalized spacial score (nSPS) is 6.00. The molecule has 10 heavy (non-hydrogen) atoms. The maximum absolute atomic E-state index is 8.63. The number of hydrogen-bond acceptors (Lipinski definition) is 1. The molecule has 52 valence electrons. The van der Waals surface area contributed by atoms with Crippen LogP contribution < -0.4 is 24.8 Å². The van der Waals surface area contributed by atoms with Crippen LogP contribution in [-0.4, -0.2) is 5.11 Å². The summed E-state index contributed by atoms with van der Waals surface area (Å²) in [7, 11) is 0. The van der Waals surface area contributed by atoms with E-state index in [1.807, 2.05) is 6.07 Å². The molecule has 0 heterocycles. The average Bonchev–Trinajstić information content (AvgIpc) is 1.69. The van der Waals surface area contributed by atoms with Crippen molar-refractivity contribution in [3.05, 3.63) is 30.3 Å². The topological polar surface area (TPSA) is 20.2 Å². The molecule has 0 atom stereocenters. The van der Waals surface area contributed by atoms with Gasteiger partial charge in [0.1, 0.15) is 5.75 Å². The fourth-order valence-corrected chi connectivity index (χ4v) is 0.428. The van der Waals surface area contributed by atoms with E-state index in [4.69, 9.17) is 5.11 Å². The first-order valence-electron chi connectivity index (χ1n) is 2.13. The molecule has 1 aromatic carbocycles. The smallest absolute Gasteiger partial charge is 1.00 e. The van der Waals surface area contributed by atoms with Crippen molar-refractivity contribution < 1.29 is 49.4 Å². The van der Waals surface area contributed by atoms with Crippen LogP contribution in [0.25, 0.3) is 0 Å². The van der Waals surface area contributed by atoms with Crippen molar-refractivity contribution in [3.63, 3.8) is 0 Å². The summed E-state index contributed by atoms with van der Waals surface area (Å²) >= 11 is 0. The zero-order valence-corrected chi connectivity index (χ0v) is 9.78. The van der Waals surface area contributed by atoms with Crippen molar-refractivity contribution in [2.45, 2.75) is 0 Å². The fraction of sp³-hybridized carbons (Fsp3) is 0. The molecule has 1 rings (SSSR count). The monoisotopic (exact) mass is 228 g/mol. The number of phenols is 1. The van der Waals surface area contributed by atoms with E-state index in [2.05, 4.69) is 0 Å². The molecule has 0 radical (unpaired) electrons. The van der Waals surface area contributed by atoms with E-state index in [0.717, 1.165) is 0 Å². The Kier molecular flexibility index (Phi) is 15.4. The van der Waals surface area contributed by atoms with Crippen molar-refractivity contribution in [1.82, 2.24) is 0 Å². The summed E-state index contributed by atoms with van der Waals surface area (Å²) in [5, 5.41) is 8.63. The molecule has 0 unspecified atom stereocenters. The van der Waals surface area contributed by atoms with Gasteiger partial charge in [-0.2, -0.15) is 0 Å². The summed E-state index contributed by atoms with van der Waals surface area (Å²) in [6.45, 7) is 0. The summed E-state index contributed by atoms with van der Waals surface area (Å²) < 4.78 is 0. The van der Waals surface area contributed by atoms with Crippen molar-refractivity contribution in [2.75, 3.05) is 0 Å². The van der Waals surface area contributed by atoms with Crippen molar-refractivity contribution in [2.24, 2.45) is 0 Å². The molecule has 0 saturated heterocycles. The number of aromatic hydroxyl groups is 1. The van der Waals surface area contributed by atoms with Gasteiger partial charge in [-0.25, -0.2) is 0 Å². The van der Waals surface area contributed by atoms with E-state index in [1.165, 1.54) is 0 Å². The second kappa shape index (κ2) is 9.22. The van der Waals surface area contributed by atoms with Crippen LogP contribution in [0.5, 0.6) is 5.75 Å². The van der Waals surface area contributed by atoms with Crippen LogP contribution in [0.2, 0.25) is 0 Å². The Balaban J connectivity index is -0.000000163. The van der Waals surface area contributed by atoms with Crippen molar-refractivity contribution >= 4 is 0 Å². The zero-order chi connectivity index (χ0) is 5.11. The first-order valence-corrected chi connectivity index (χ1v) is 2.13. The molecule has 0 saturated carbocycles. The number of rotatable bonds is 0. The minimum Gasteiger partial charge on any atom is -1.00 e. The Morgan fingerprint density at radius 2 is 1.30 bits per heavy atom. The molecule has 0 fully saturated rings. The van der Waals surface area contributed by atoms with Crippen molar-refractivity contribution in [3.8, 4) is 5.75 Å². The number of para-hydroxylation sites is 1. The van der Waals surface area contributed by atoms with Gasteiger partial charge in [-0.15, -0.1) is 0 Å². The Bertz CT molecular complexity index is 146. The first-order chi connectivity index (χ1) is 3.39. The van der Waals surface area contributed by atoms with Crippen LogP contribution in [0.1, 0.15) is 0 Å². The molecule has 0 aliphatic rings. The summed E-state index contributed by atoms with van der Waals surface area (Å²) in [6, 6.07) is 8.71. The SMILES string of the molecule is Oc1ccccc1.[Cl-].[Cl-].[Zn+2]. The van der Waals surface area contributed by atoms with Crippen LogP contribution >= 0.6 is 0 Å². The quantitative estimate of drug-likeness (QED) is 0.445. The van der Waals surface area contributed by atoms with E-state index in [0.29, 0.717) is 5.75 Å². The van der Waals surface area contributed by atoms with Gasteiger partial charge in [-0.1, -0.05) is 18.2 Å². The molecule has 1 N–H and O–H groups in total. The molecule has 1 nitrogen and oxygen atoms in total. The Morgan fingerprint density at radius 3 is 1.50 bits per heavy atom. The molecular formula is C6H6Cl2OZn. The maximum Gasteiger partial charge on any atom is 2.00 e. The zero-order valence-electron chi connectivity index (χ0n) is 5.30. The second-order valence-corrected chi connectivity index (χ2v) is 1.34. The molecule has 0 spiro atoms. The molecular weight excluding hydrogens is 224 g/mol. The number of hydrogen-bond donors (Lipinski definition) is 1. The molecule has 0 aliphatic carbocycles. The Morgan fingerprint density at radius 1 is 0.900 bits per heavy atom. The second-order valence-electron chi connectivity index (χ2n) is 1.34. The van der Waals surface area contributed by atoms with Crippen molar-refractivity contribution in [1.29, 1.82) is 0 Å². The van der Waals surface area contributed by atoms with E-state index >= 15 is 0 Å². The summed E-state index contributed by atoms with van der Waals surface area (Å²) in [5.41, 5.74) is 0. The van der Waals surface area contributed by atoms with Gasteiger partial charge in [0.05, 0.1) is 0 Å². The molecule has 0 bridgehead atoms. The largest absolute Gasteiger partial charge is 2.00 e. The molecule has 1 aromatic rings. The van der Waals surface area contributed by atoms with Gasteiger partial charge in [0.2, 0.25) is 0 Å². The van der Waals surface area contributed by atoms with Crippen LogP contribution in [0.15, 0.2) is 30.3 Å². The maximum atomic E-state index is 8.63. The standard InChI is InChI=1S/C6H6O.2ClH.Zn/c7-6-4-2-1-3-5-6;;;/h1-5,7H;2*1H;/q;;;+2/p-2. The average molecular weight is 230 g/mol. The van der Waals surface area contributed by atoms with Gasteiger partial charge in [0.15, 0.2) is 0 Å². The van der Waals surface area contributed by atoms with Gasteiger partial charge >= 0.3 is 19.5 Å². The minimum absolute atomic E-state index is 0. The predicted molar refractivity (Wildman–Crippen MR) is 28.1 cm³/mol. The van der Waals surface area contributed by atoms with Gasteiger partial charge in [0, 0.05) is 0 Å². The summed E-state index contributed by atoms with van der Waals surface area (Å²) in [6.07, 6.45) is 0. The number of phenolic OH excluding ortho intramolecular Hbond substituents is 1. The molecule has 0 amide bonds. The Hall–Kier alpha value is 0.223. The molecule has 0 aliphatic heterocycles. The van der Waals surface area contributed by atoms with E-state index in [9.17, 15) is 0 Å². The van der Waals surface area contributed by atoms with E-state index in [1.54, 1.807) is 24.3 Å². The van der Waals surface area contributed by atoms with Crippen LogP contribution in [0, 0.1) is 0 Å². The Labute approximate surface area is 85.4 Å². The van der Waals surface area contributed by atoms with Gasteiger partial charge in [0.25, 0.3) is 0 Å². The van der Waals surface area contributed by atoms with Gasteiger partial charge in [-0.05, 0) is 12.1 Å². The van der Waals surface area contributed by atoms with Gasteiger partial charge in [-0.3, -0.25) is 0 Å². The third-order valence-electron chi connectivity index (χ3n) is 0.756. The van der Waals surface area contributed by atoms with Crippen LogP contribution in [-0.2, 0) is 19.5 Å². The third-order valence-corrected chi connectivity index (χ3v) is 0.756. The molecule has 4 heteroatoms. The van der Waals surface area contributed by atoms with Crippen LogP contribution in [0.3, 0.4) is 0 Å².